The summed E-state index contributed by atoms with van der Waals surface area (Å²) in [6, 6.07) is 11.9. The van der Waals surface area contributed by atoms with E-state index >= 15 is 0 Å². The number of carbonyl (C=O) groups excluding carboxylic acids is 1. The van der Waals surface area contributed by atoms with E-state index in [2.05, 4.69) is 16.0 Å². The Hall–Kier alpha value is -2.60. The first-order valence-electron chi connectivity index (χ1n) is 10.4. The van der Waals surface area contributed by atoms with E-state index < -0.39 is 0 Å². The molecule has 0 unspecified atom stereocenters. The lowest BCUT2D eigenvalue weighted by Gasteiger charge is -2.29. The van der Waals surface area contributed by atoms with Crippen LogP contribution in [-0.2, 0) is 6.54 Å². The predicted molar refractivity (Wildman–Crippen MR) is 111 cm³/mol. The molecule has 154 valence electrons. The molecule has 6 heteroatoms. The average molecular weight is 396 g/mol. The van der Waals surface area contributed by atoms with E-state index in [0.717, 1.165) is 31.9 Å². The van der Waals surface area contributed by atoms with Crippen LogP contribution in [0, 0.1) is 5.92 Å². The summed E-state index contributed by atoms with van der Waals surface area (Å²) in [4.78, 5) is 22.4. The quantitative estimate of drug-likeness (QED) is 0.778. The van der Waals surface area contributed by atoms with Gasteiger partial charge in [0.2, 0.25) is 0 Å². The Morgan fingerprint density at radius 1 is 1.10 bits per heavy atom. The van der Waals surface area contributed by atoms with Crippen molar-refractivity contribution in [3.05, 3.63) is 53.9 Å². The molecular weight excluding hydrogens is 366 g/mol. The Balaban J connectivity index is 1.54. The van der Waals surface area contributed by atoms with Gasteiger partial charge in [-0.25, -0.2) is 0 Å². The molecule has 29 heavy (non-hydrogen) atoms. The molecule has 2 aromatic rings. The number of hydrogen-bond acceptors (Lipinski definition) is 5. The first-order chi connectivity index (χ1) is 14.2. The van der Waals surface area contributed by atoms with Crippen LogP contribution in [0.5, 0.6) is 11.5 Å². The van der Waals surface area contributed by atoms with Crippen LogP contribution in [0.15, 0.2) is 42.6 Å². The van der Waals surface area contributed by atoms with Crippen LogP contribution in [0.1, 0.15) is 35.3 Å². The summed E-state index contributed by atoms with van der Waals surface area (Å²) >= 11 is 0. The van der Waals surface area contributed by atoms with Gasteiger partial charge < -0.3 is 14.4 Å². The first-order valence-corrected chi connectivity index (χ1v) is 10.4. The molecule has 1 aromatic heterocycles. The van der Waals surface area contributed by atoms with Gasteiger partial charge in [-0.15, -0.1) is 0 Å². The van der Waals surface area contributed by atoms with Crippen molar-refractivity contribution in [1.82, 2.24) is 14.8 Å². The zero-order chi connectivity index (χ0) is 20.2. The number of rotatable bonds is 5. The van der Waals surface area contributed by atoms with Crippen molar-refractivity contribution in [2.45, 2.75) is 31.8 Å². The predicted octanol–water partition coefficient (Wildman–Crippen LogP) is 3.23. The summed E-state index contributed by atoms with van der Waals surface area (Å²) in [7, 11) is 3.17. The average Bonchev–Trinajstić information content (AvgIpc) is 3.11. The highest BCUT2D eigenvalue weighted by Gasteiger charge is 2.40. The molecule has 0 N–H and O–H groups in total. The second-order valence-electron chi connectivity index (χ2n) is 7.87. The molecule has 0 aliphatic carbocycles. The van der Waals surface area contributed by atoms with Gasteiger partial charge >= 0.3 is 0 Å². The number of ether oxygens (including phenoxy) is 2. The van der Waals surface area contributed by atoms with E-state index in [9.17, 15) is 4.79 Å². The number of fused-ring (bicyclic) bond motifs is 1. The van der Waals surface area contributed by atoms with Crippen LogP contribution < -0.4 is 9.47 Å². The maximum Gasteiger partial charge on any atom is 0.257 e. The largest absolute Gasteiger partial charge is 0.493 e. The summed E-state index contributed by atoms with van der Waals surface area (Å²) in [6.45, 7) is 3.44. The number of methoxy groups -OCH3 is 2. The van der Waals surface area contributed by atoms with Crippen molar-refractivity contribution in [1.29, 1.82) is 0 Å². The lowest BCUT2D eigenvalue weighted by Crippen LogP contribution is -2.40. The van der Waals surface area contributed by atoms with Gasteiger partial charge in [-0.3, -0.25) is 14.7 Å². The number of pyridine rings is 1. The van der Waals surface area contributed by atoms with Gasteiger partial charge in [0.1, 0.15) is 0 Å². The van der Waals surface area contributed by atoms with E-state index in [1.807, 2.05) is 41.4 Å². The summed E-state index contributed by atoms with van der Waals surface area (Å²) in [5.74, 6) is 1.62. The van der Waals surface area contributed by atoms with Gasteiger partial charge in [-0.2, -0.15) is 0 Å². The molecule has 6 nitrogen and oxygen atoms in total. The Kier molecular flexibility index (Phi) is 6.00. The van der Waals surface area contributed by atoms with E-state index in [1.54, 1.807) is 14.2 Å². The minimum atomic E-state index is 0.0200. The van der Waals surface area contributed by atoms with Gasteiger partial charge in [-0.1, -0.05) is 18.6 Å². The number of carbonyl (C=O) groups is 1. The zero-order valence-corrected chi connectivity index (χ0v) is 17.2. The highest BCUT2D eigenvalue weighted by atomic mass is 16.5. The highest BCUT2D eigenvalue weighted by molar-refractivity contribution is 5.98. The smallest absolute Gasteiger partial charge is 0.257 e. The molecule has 0 spiro atoms. The fourth-order valence-corrected chi connectivity index (χ4v) is 4.73. The van der Waals surface area contributed by atoms with Gasteiger partial charge in [0, 0.05) is 31.9 Å². The lowest BCUT2D eigenvalue weighted by molar-refractivity contribution is 0.0769. The van der Waals surface area contributed by atoms with Gasteiger partial charge in [0.15, 0.2) is 11.5 Å². The van der Waals surface area contributed by atoms with E-state index in [-0.39, 0.29) is 5.91 Å². The standard InChI is InChI=1S/C23H29N3O3/c1-28-21-11-7-10-19(22(21)29-2)23(27)26-14-17-8-4-6-13-25(20(17)16-26)15-18-9-3-5-12-24-18/h3,5,7,9-12,17,20H,4,6,8,13-16H2,1-2H3/t17-,20+/m0/s1. The molecule has 3 heterocycles. The van der Waals surface area contributed by atoms with Crippen molar-refractivity contribution in [2.75, 3.05) is 33.9 Å². The molecule has 1 aromatic carbocycles. The molecule has 2 atom stereocenters. The molecule has 0 radical (unpaired) electrons. The third-order valence-corrected chi connectivity index (χ3v) is 6.16. The normalized spacial score (nSPS) is 22.1. The minimum Gasteiger partial charge on any atom is -0.493 e. The molecule has 0 saturated carbocycles. The topological polar surface area (TPSA) is 54.9 Å². The Morgan fingerprint density at radius 2 is 2.00 bits per heavy atom. The monoisotopic (exact) mass is 395 g/mol. The van der Waals surface area contributed by atoms with Gasteiger partial charge in [0.25, 0.3) is 5.91 Å². The third kappa shape index (κ3) is 4.08. The second kappa shape index (κ2) is 8.82. The number of hydrogen-bond donors (Lipinski definition) is 0. The van der Waals surface area contributed by atoms with Crippen molar-refractivity contribution in [2.24, 2.45) is 5.92 Å². The maximum absolute atomic E-state index is 13.3. The molecule has 2 saturated heterocycles. The van der Waals surface area contributed by atoms with Gasteiger partial charge in [0.05, 0.1) is 25.5 Å². The van der Waals surface area contributed by atoms with Crippen LogP contribution in [0.2, 0.25) is 0 Å². The number of aromatic nitrogens is 1. The summed E-state index contributed by atoms with van der Waals surface area (Å²) in [6.07, 6.45) is 5.44. The van der Waals surface area contributed by atoms with Crippen LogP contribution in [0.25, 0.3) is 0 Å². The van der Waals surface area contributed by atoms with E-state index in [0.29, 0.717) is 29.0 Å². The number of para-hydroxylation sites is 1. The molecule has 0 bridgehead atoms. The Bertz CT molecular complexity index is 843. The number of amides is 1. The number of likely N-dealkylation sites (tertiary alicyclic amines) is 2. The molecule has 2 aliphatic rings. The van der Waals surface area contributed by atoms with Crippen LogP contribution in [-0.4, -0.2) is 60.6 Å². The van der Waals surface area contributed by atoms with Crippen LogP contribution in [0.4, 0.5) is 0 Å². The molecule has 2 fully saturated rings. The van der Waals surface area contributed by atoms with Crippen molar-refractivity contribution in [3.8, 4) is 11.5 Å². The van der Waals surface area contributed by atoms with Crippen molar-refractivity contribution in [3.63, 3.8) is 0 Å². The van der Waals surface area contributed by atoms with Crippen LogP contribution in [0.3, 0.4) is 0 Å². The molecule has 1 amide bonds. The third-order valence-electron chi connectivity index (χ3n) is 6.16. The number of nitrogens with zero attached hydrogens (tertiary/aromatic N) is 3. The van der Waals surface area contributed by atoms with Crippen LogP contribution >= 0.6 is 0 Å². The minimum absolute atomic E-state index is 0.0200. The SMILES string of the molecule is COc1cccc(C(=O)N2C[C@@H]3CCCCN(Cc4ccccn4)[C@@H]3C2)c1OC. The summed E-state index contributed by atoms with van der Waals surface area (Å²) in [5, 5.41) is 0. The van der Waals surface area contributed by atoms with E-state index in [1.165, 1.54) is 19.3 Å². The fourth-order valence-electron chi connectivity index (χ4n) is 4.73. The first kappa shape index (κ1) is 19.7. The van der Waals surface area contributed by atoms with E-state index in [4.69, 9.17) is 9.47 Å². The highest BCUT2D eigenvalue weighted by Crippen LogP contribution is 2.35. The fraction of sp³-hybridized carbons (Fsp3) is 0.478. The molecule has 4 rings (SSSR count). The lowest BCUT2D eigenvalue weighted by atomic mass is 9.98. The maximum atomic E-state index is 13.3. The van der Waals surface area contributed by atoms with Crippen molar-refractivity contribution < 1.29 is 14.3 Å². The zero-order valence-electron chi connectivity index (χ0n) is 17.2. The molecule has 2 aliphatic heterocycles. The summed E-state index contributed by atoms with van der Waals surface area (Å²) < 4.78 is 10.9. The second-order valence-corrected chi connectivity index (χ2v) is 7.87. The Morgan fingerprint density at radius 3 is 2.76 bits per heavy atom. The summed E-state index contributed by atoms with van der Waals surface area (Å²) in [5.41, 5.74) is 1.66. The number of benzene rings is 1. The van der Waals surface area contributed by atoms with Gasteiger partial charge in [-0.05, 0) is 49.6 Å². The molecular formula is C23H29N3O3. The Labute approximate surface area is 172 Å². The van der Waals surface area contributed by atoms with Crippen molar-refractivity contribution >= 4 is 5.91 Å².